The van der Waals surface area contributed by atoms with Gasteiger partial charge < -0.3 is 4.90 Å². The summed E-state index contributed by atoms with van der Waals surface area (Å²) < 4.78 is 28.1. The average Bonchev–Trinajstić information content (AvgIpc) is 3.30. The standard InChI is InChI=1S/C17H23BrN2O3S/c18-16-9-8-14(24(22,23)19-13-6-7-13)12-15(16)17(21)20-10-4-2-1-3-5-11-20/h8-9,12-13,19H,1-7,10-11H2. The van der Waals surface area contributed by atoms with Crippen molar-refractivity contribution in [3.8, 4) is 0 Å². The molecule has 1 aromatic rings. The number of rotatable bonds is 4. The van der Waals surface area contributed by atoms with E-state index in [2.05, 4.69) is 20.7 Å². The first-order chi connectivity index (χ1) is 11.5. The summed E-state index contributed by atoms with van der Waals surface area (Å²) in [7, 11) is -3.56. The van der Waals surface area contributed by atoms with Crippen molar-refractivity contribution >= 4 is 31.9 Å². The van der Waals surface area contributed by atoms with Crippen molar-refractivity contribution in [2.24, 2.45) is 0 Å². The van der Waals surface area contributed by atoms with E-state index in [4.69, 9.17) is 0 Å². The lowest BCUT2D eigenvalue weighted by Gasteiger charge is -2.25. The highest BCUT2D eigenvalue weighted by molar-refractivity contribution is 9.10. The van der Waals surface area contributed by atoms with Gasteiger partial charge in [0.05, 0.1) is 10.5 Å². The molecule has 24 heavy (non-hydrogen) atoms. The number of halogens is 1. The average molecular weight is 415 g/mol. The number of carbonyl (C=O) groups is 1. The van der Waals surface area contributed by atoms with Gasteiger partial charge in [-0.2, -0.15) is 0 Å². The number of sulfonamides is 1. The summed E-state index contributed by atoms with van der Waals surface area (Å²) in [6.07, 6.45) is 7.29. The van der Waals surface area contributed by atoms with Gasteiger partial charge in [-0.15, -0.1) is 0 Å². The lowest BCUT2D eigenvalue weighted by molar-refractivity contribution is 0.0741. The number of carbonyl (C=O) groups excluding carboxylic acids is 1. The fourth-order valence-corrected chi connectivity index (χ4v) is 4.69. The van der Waals surface area contributed by atoms with Gasteiger partial charge in [-0.25, -0.2) is 13.1 Å². The van der Waals surface area contributed by atoms with Crippen LogP contribution in [-0.2, 0) is 10.0 Å². The van der Waals surface area contributed by atoms with E-state index in [-0.39, 0.29) is 16.8 Å². The number of amides is 1. The van der Waals surface area contributed by atoms with E-state index in [1.54, 1.807) is 12.1 Å². The van der Waals surface area contributed by atoms with Gasteiger partial charge in [0.15, 0.2) is 0 Å². The van der Waals surface area contributed by atoms with Gasteiger partial charge in [-0.05, 0) is 59.8 Å². The maximum Gasteiger partial charge on any atom is 0.255 e. The summed E-state index contributed by atoms with van der Waals surface area (Å²) in [6.45, 7) is 1.48. The van der Waals surface area contributed by atoms with Crippen molar-refractivity contribution in [2.75, 3.05) is 13.1 Å². The summed E-state index contributed by atoms with van der Waals surface area (Å²) in [5.74, 6) is -0.0905. The normalized spacial score (nSPS) is 19.6. The Morgan fingerprint density at radius 1 is 1.08 bits per heavy atom. The molecule has 1 saturated heterocycles. The molecule has 132 valence electrons. The second-order valence-electron chi connectivity index (χ2n) is 6.60. The van der Waals surface area contributed by atoms with Crippen molar-refractivity contribution in [3.63, 3.8) is 0 Å². The van der Waals surface area contributed by atoms with Crippen molar-refractivity contribution in [2.45, 2.75) is 55.9 Å². The van der Waals surface area contributed by atoms with Crippen LogP contribution < -0.4 is 4.72 Å². The Morgan fingerprint density at radius 2 is 1.71 bits per heavy atom. The van der Waals surface area contributed by atoms with Crippen LogP contribution in [0, 0.1) is 0 Å². The third kappa shape index (κ3) is 4.37. The molecule has 5 nitrogen and oxygen atoms in total. The molecule has 3 rings (SSSR count). The molecule has 0 spiro atoms. The van der Waals surface area contributed by atoms with Crippen LogP contribution >= 0.6 is 15.9 Å². The largest absolute Gasteiger partial charge is 0.339 e. The summed E-state index contributed by atoms with van der Waals surface area (Å²) in [5.41, 5.74) is 0.425. The second kappa shape index (κ2) is 7.54. The third-order valence-corrected chi connectivity index (χ3v) is 6.73. The highest BCUT2D eigenvalue weighted by Gasteiger charge is 2.29. The Morgan fingerprint density at radius 3 is 2.33 bits per heavy atom. The van der Waals surface area contributed by atoms with Crippen LogP contribution in [0.25, 0.3) is 0 Å². The topological polar surface area (TPSA) is 66.5 Å². The van der Waals surface area contributed by atoms with Crippen LogP contribution in [-0.4, -0.2) is 38.4 Å². The molecule has 1 aliphatic heterocycles. The molecule has 0 radical (unpaired) electrons. The molecular weight excluding hydrogens is 392 g/mol. The highest BCUT2D eigenvalue weighted by atomic mass is 79.9. The molecule has 1 saturated carbocycles. The third-order valence-electron chi connectivity index (χ3n) is 4.52. The van der Waals surface area contributed by atoms with E-state index < -0.39 is 10.0 Å². The molecule has 2 fully saturated rings. The van der Waals surface area contributed by atoms with E-state index in [0.717, 1.165) is 51.6 Å². The summed E-state index contributed by atoms with van der Waals surface area (Å²) in [6, 6.07) is 4.74. The molecule has 0 atom stereocenters. The number of benzene rings is 1. The maximum absolute atomic E-state index is 12.9. The molecule has 1 aliphatic carbocycles. The highest BCUT2D eigenvalue weighted by Crippen LogP contribution is 2.26. The smallest absolute Gasteiger partial charge is 0.255 e. The fraction of sp³-hybridized carbons (Fsp3) is 0.588. The first kappa shape index (κ1) is 17.9. The van der Waals surface area contributed by atoms with Crippen LogP contribution in [0.5, 0.6) is 0 Å². The Hall–Kier alpha value is -0.920. The number of hydrogen-bond donors (Lipinski definition) is 1. The van der Waals surface area contributed by atoms with E-state index in [0.29, 0.717) is 10.0 Å². The molecule has 1 N–H and O–H groups in total. The van der Waals surface area contributed by atoms with Crippen molar-refractivity contribution < 1.29 is 13.2 Å². The number of nitrogens with zero attached hydrogens (tertiary/aromatic N) is 1. The van der Waals surface area contributed by atoms with Crippen LogP contribution in [0.2, 0.25) is 0 Å². The Labute approximate surface area is 152 Å². The molecular formula is C17H23BrN2O3S. The van der Waals surface area contributed by atoms with E-state index in [9.17, 15) is 13.2 Å². The molecule has 0 bridgehead atoms. The van der Waals surface area contributed by atoms with Crippen LogP contribution in [0.3, 0.4) is 0 Å². The number of likely N-dealkylation sites (tertiary alicyclic amines) is 1. The Kier molecular flexibility index (Phi) is 5.62. The second-order valence-corrected chi connectivity index (χ2v) is 9.17. The van der Waals surface area contributed by atoms with Gasteiger partial charge in [0, 0.05) is 23.6 Å². The zero-order chi connectivity index (χ0) is 17.2. The first-order valence-corrected chi connectivity index (χ1v) is 10.9. The quantitative estimate of drug-likeness (QED) is 0.821. The maximum atomic E-state index is 12.9. The monoisotopic (exact) mass is 414 g/mol. The predicted octanol–water partition coefficient (Wildman–Crippen LogP) is 3.30. The molecule has 1 aromatic carbocycles. The van der Waals surface area contributed by atoms with Gasteiger partial charge in [0.2, 0.25) is 10.0 Å². The van der Waals surface area contributed by atoms with Gasteiger partial charge in [0.1, 0.15) is 0 Å². The van der Waals surface area contributed by atoms with Crippen LogP contribution in [0.15, 0.2) is 27.6 Å². The summed E-state index contributed by atoms with van der Waals surface area (Å²) in [5, 5.41) is 0. The van der Waals surface area contributed by atoms with Crippen molar-refractivity contribution in [1.29, 1.82) is 0 Å². The van der Waals surface area contributed by atoms with E-state index in [1.165, 1.54) is 12.5 Å². The minimum atomic E-state index is -3.56. The van der Waals surface area contributed by atoms with Gasteiger partial charge in [0.25, 0.3) is 5.91 Å². The molecule has 2 aliphatic rings. The lowest BCUT2D eigenvalue weighted by atomic mass is 10.1. The Balaban J connectivity index is 1.83. The molecule has 7 heteroatoms. The molecule has 0 unspecified atom stereocenters. The van der Waals surface area contributed by atoms with Crippen LogP contribution in [0.4, 0.5) is 0 Å². The zero-order valence-electron chi connectivity index (χ0n) is 13.6. The summed E-state index contributed by atoms with van der Waals surface area (Å²) >= 11 is 3.40. The summed E-state index contributed by atoms with van der Waals surface area (Å²) in [4.78, 5) is 14.9. The van der Waals surface area contributed by atoms with Crippen molar-refractivity contribution in [1.82, 2.24) is 9.62 Å². The number of nitrogens with one attached hydrogen (secondary N) is 1. The van der Waals surface area contributed by atoms with Gasteiger partial charge >= 0.3 is 0 Å². The van der Waals surface area contributed by atoms with Crippen LogP contribution in [0.1, 0.15) is 55.3 Å². The van der Waals surface area contributed by atoms with Crippen molar-refractivity contribution in [3.05, 3.63) is 28.2 Å². The lowest BCUT2D eigenvalue weighted by Crippen LogP contribution is -2.34. The number of hydrogen-bond acceptors (Lipinski definition) is 3. The fourth-order valence-electron chi connectivity index (χ4n) is 2.94. The predicted molar refractivity (Wildman–Crippen MR) is 96.5 cm³/mol. The minimum absolute atomic E-state index is 0.0483. The minimum Gasteiger partial charge on any atom is -0.339 e. The van der Waals surface area contributed by atoms with E-state index in [1.807, 2.05) is 4.90 Å². The molecule has 0 aromatic heterocycles. The van der Waals surface area contributed by atoms with Gasteiger partial charge in [-0.3, -0.25) is 4.79 Å². The SMILES string of the molecule is O=C(c1cc(S(=O)(=O)NC2CC2)ccc1Br)N1CCCCCCC1. The van der Waals surface area contributed by atoms with E-state index >= 15 is 0 Å². The zero-order valence-corrected chi connectivity index (χ0v) is 16.0. The molecule has 1 amide bonds. The Bertz CT molecular complexity index is 709. The molecule has 1 heterocycles. The first-order valence-electron chi connectivity index (χ1n) is 8.58. The van der Waals surface area contributed by atoms with Gasteiger partial charge in [-0.1, -0.05) is 19.3 Å².